The van der Waals surface area contributed by atoms with Gasteiger partial charge in [-0.1, -0.05) is 35.9 Å². The fraction of sp³-hybridized carbons (Fsp3) is 0.0476. The molecule has 3 aromatic carbocycles. The molecule has 0 atom stereocenters. The van der Waals surface area contributed by atoms with Gasteiger partial charge in [0.15, 0.2) is 5.69 Å². The highest BCUT2D eigenvalue weighted by Gasteiger charge is 2.17. The van der Waals surface area contributed by atoms with E-state index in [1.807, 2.05) is 48.5 Å². The number of amides is 1. The summed E-state index contributed by atoms with van der Waals surface area (Å²) < 4.78 is 6.37. The minimum Gasteiger partial charge on any atom is -0.364 e. The number of hydrogen-bond donors (Lipinski definition) is 2. The highest BCUT2D eigenvalue weighted by molar-refractivity contribution is 7.94. The number of nitrogens with two attached hydrogens (primary N) is 2. The predicted octanol–water partition coefficient (Wildman–Crippen LogP) is 3.93. The highest BCUT2D eigenvalue weighted by Crippen LogP contribution is 2.29. The summed E-state index contributed by atoms with van der Waals surface area (Å²) in [4.78, 5) is 16.8. The molecular formula is C21H18N4O3S. The lowest BCUT2D eigenvalue weighted by Gasteiger charge is -2.07. The minimum atomic E-state index is -0.572. The average molecular weight is 406 g/mol. The van der Waals surface area contributed by atoms with Crippen molar-refractivity contribution >= 4 is 28.9 Å². The molecule has 146 valence electrons. The summed E-state index contributed by atoms with van der Waals surface area (Å²) in [6, 6.07) is 21.5. The molecule has 0 saturated carbocycles. The van der Waals surface area contributed by atoms with Crippen LogP contribution in [0, 0.1) is 6.92 Å². The first kappa shape index (κ1) is 19.2. The SMILES string of the molecule is Cc1cccc(-c2ccc3c(C(N)=O)nn(-c4ccc(SOON)cc4)c3c2)c1. The Morgan fingerprint density at radius 2 is 1.79 bits per heavy atom. The Kier molecular flexibility index (Phi) is 5.32. The van der Waals surface area contributed by atoms with Crippen LogP contribution in [0.3, 0.4) is 0 Å². The molecule has 4 rings (SSSR count). The molecule has 1 amide bonds. The smallest absolute Gasteiger partial charge is 0.269 e. The lowest BCUT2D eigenvalue weighted by molar-refractivity contribution is -0.195. The molecule has 7 nitrogen and oxygen atoms in total. The Bertz CT molecular complexity index is 1190. The number of benzene rings is 3. The van der Waals surface area contributed by atoms with Crippen molar-refractivity contribution in [3.63, 3.8) is 0 Å². The first-order valence-electron chi connectivity index (χ1n) is 8.77. The Labute approximate surface area is 171 Å². The second-order valence-corrected chi connectivity index (χ2v) is 7.24. The number of carbonyl (C=O) groups is 1. The largest absolute Gasteiger partial charge is 0.364 e. The van der Waals surface area contributed by atoms with E-state index < -0.39 is 5.91 Å². The monoisotopic (exact) mass is 406 g/mol. The van der Waals surface area contributed by atoms with Gasteiger partial charge in [-0.3, -0.25) is 4.79 Å². The second-order valence-electron chi connectivity index (χ2n) is 6.47. The van der Waals surface area contributed by atoms with Crippen LogP contribution >= 0.6 is 12.0 Å². The summed E-state index contributed by atoms with van der Waals surface area (Å²) in [5.74, 6) is 4.29. The molecule has 0 aliphatic heterocycles. The standard InChI is InChI=1S/C21H18N4O3S/c1-13-3-2-4-14(11-13)15-5-10-18-19(12-15)25(24-20(18)21(22)26)16-6-8-17(9-7-16)29-28-27-23/h2-12H,23H2,1H3,(H2,22,26). The quantitative estimate of drug-likeness (QED) is 0.286. The van der Waals surface area contributed by atoms with E-state index in [1.54, 1.807) is 4.68 Å². The van der Waals surface area contributed by atoms with Gasteiger partial charge in [0.05, 0.1) is 23.2 Å². The number of aryl methyl sites for hydroxylation is 1. The van der Waals surface area contributed by atoms with Crippen molar-refractivity contribution in [3.05, 3.63) is 78.0 Å². The molecule has 0 radical (unpaired) electrons. The molecule has 8 heteroatoms. The predicted molar refractivity (Wildman–Crippen MR) is 112 cm³/mol. The molecule has 0 bridgehead atoms. The highest BCUT2D eigenvalue weighted by atomic mass is 32.2. The van der Waals surface area contributed by atoms with E-state index in [1.165, 1.54) is 5.56 Å². The van der Waals surface area contributed by atoms with Crippen molar-refractivity contribution in [1.29, 1.82) is 0 Å². The van der Waals surface area contributed by atoms with Gasteiger partial charge in [0.1, 0.15) is 0 Å². The topological polar surface area (TPSA) is 105 Å². The average Bonchev–Trinajstić information content (AvgIpc) is 3.12. The minimum absolute atomic E-state index is 0.231. The molecule has 0 saturated heterocycles. The van der Waals surface area contributed by atoms with Gasteiger partial charge in [0.2, 0.25) is 0 Å². The van der Waals surface area contributed by atoms with Gasteiger partial charge in [-0.05, 0) is 54.4 Å². The van der Waals surface area contributed by atoms with Crippen LogP contribution in [0.4, 0.5) is 0 Å². The Hall–Kier alpha value is -3.17. The maximum atomic E-state index is 11.9. The van der Waals surface area contributed by atoms with Gasteiger partial charge in [-0.25, -0.2) is 4.68 Å². The van der Waals surface area contributed by atoms with Crippen molar-refractivity contribution in [1.82, 2.24) is 9.78 Å². The van der Waals surface area contributed by atoms with Gasteiger partial charge in [-0.15, -0.1) is 9.32 Å². The number of nitrogens with zero attached hydrogens (tertiary/aromatic N) is 2. The van der Waals surface area contributed by atoms with Crippen LogP contribution in [-0.2, 0) is 9.32 Å². The zero-order valence-corrected chi connectivity index (χ0v) is 16.3. The van der Waals surface area contributed by atoms with Gasteiger partial charge in [-0.2, -0.15) is 11.0 Å². The van der Waals surface area contributed by atoms with Crippen LogP contribution in [0.15, 0.2) is 71.6 Å². The number of fused-ring (bicyclic) bond motifs is 1. The van der Waals surface area contributed by atoms with Crippen LogP contribution in [0.1, 0.15) is 16.1 Å². The summed E-state index contributed by atoms with van der Waals surface area (Å²) in [5.41, 5.74) is 10.6. The molecule has 0 unspecified atom stereocenters. The summed E-state index contributed by atoms with van der Waals surface area (Å²) in [5, 5.41) is 5.16. The van der Waals surface area contributed by atoms with Crippen LogP contribution in [0.2, 0.25) is 0 Å². The Morgan fingerprint density at radius 1 is 1.03 bits per heavy atom. The number of rotatable bonds is 6. The van der Waals surface area contributed by atoms with Crippen LogP contribution < -0.4 is 11.6 Å². The molecule has 0 fully saturated rings. The Morgan fingerprint density at radius 3 is 2.48 bits per heavy atom. The molecular weight excluding hydrogens is 388 g/mol. The third-order valence-electron chi connectivity index (χ3n) is 4.52. The second kappa shape index (κ2) is 8.06. The lowest BCUT2D eigenvalue weighted by atomic mass is 10.0. The molecule has 4 N–H and O–H groups in total. The number of aromatic nitrogens is 2. The summed E-state index contributed by atoms with van der Waals surface area (Å²) in [6.07, 6.45) is 0. The molecule has 0 aliphatic rings. The number of carbonyl (C=O) groups excluding carboxylic acids is 1. The number of primary amides is 1. The van der Waals surface area contributed by atoms with Crippen molar-refractivity contribution in [2.75, 3.05) is 0 Å². The van der Waals surface area contributed by atoms with E-state index in [4.69, 9.17) is 11.6 Å². The Balaban J connectivity index is 1.84. The maximum absolute atomic E-state index is 11.9. The van der Waals surface area contributed by atoms with Crippen molar-refractivity contribution in [2.45, 2.75) is 11.8 Å². The van der Waals surface area contributed by atoms with Gasteiger partial charge < -0.3 is 5.73 Å². The normalized spacial score (nSPS) is 11.1. The first-order valence-corrected chi connectivity index (χ1v) is 9.51. The first-order chi connectivity index (χ1) is 14.1. The van der Waals surface area contributed by atoms with E-state index in [9.17, 15) is 4.79 Å². The van der Waals surface area contributed by atoms with Crippen molar-refractivity contribution in [3.8, 4) is 16.8 Å². The van der Waals surface area contributed by atoms with Crippen LogP contribution in [0.25, 0.3) is 27.7 Å². The fourth-order valence-electron chi connectivity index (χ4n) is 3.20. The molecule has 0 spiro atoms. The number of hydrogen-bond acceptors (Lipinski definition) is 6. The molecule has 1 aromatic heterocycles. The van der Waals surface area contributed by atoms with Crippen molar-refractivity contribution in [2.24, 2.45) is 11.6 Å². The molecule has 29 heavy (non-hydrogen) atoms. The van der Waals surface area contributed by atoms with Crippen LogP contribution in [-0.4, -0.2) is 15.7 Å². The fourth-order valence-corrected chi connectivity index (χ4v) is 3.56. The molecule has 4 aromatic rings. The molecule has 1 heterocycles. The molecule has 0 aliphatic carbocycles. The van der Waals surface area contributed by atoms with E-state index in [0.717, 1.165) is 39.3 Å². The van der Waals surface area contributed by atoms with Crippen molar-refractivity contribution < 1.29 is 14.1 Å². The van der Waals surface area contributed by atoms with Gasteiger partial charge in [0, 0.05) is 10.3 Å². The van der Waals surface area contributed by atoms with E-state index in [2.05, 4.69) is 39.5 Å². The summed E-state index contributed by atoms with van der Waals surface area (Å²) >= 11 is 0.988. The van der Waals surface area contributed by atoms with Gasteiger partial charge >= 0.3 is 0 Å². The third-order valence-corrected chi connectivity index (χ3v) is 5.13. The summed E-state index contributed by atoms with van der Waals surface area (Å²) in [7, 11) is 0. The lowest BCUT2D eigenvalue weighted by Crippen LogP contribution is -2.12. The van der Waals surface area contributed by atoms with Gasteiger partial charge in [0.25, 0.3) is 5.91 Å². The van der Waals surface area contributed by atoms with E-state index in [0.29, 0.717) is 5.39 Å². The zero-order chi connectivity index (χ0) is 20.4. The van der Waals surface area contributed by atoms with E-state index >= 15 is 0 Å². The summed E-state index contributed by atoms with van der Waals surface area (Å²) in [6.45, 7) is 2.05. The third kappa shape index (κ3) is 3.87. The maximum Gasteiger partial charge on any atom is 0.269 e. The van der Waals surface area contributed by atoms with E-state index in [-0.39, 0.29) is 5.69 Å². The van der Waals surface area contributed by atoms with Crippen LogP contribution in [0.5, 0.6) is 0 Å². The zero-order valence-electron chi connectivity index (χ0n) is 15.5.